The topological polar surface area (TPSA) is 82.5 Å². The van der Waals surface area contributed by atoms with Crippen molar-refractivity contribution < 1.29 is 14.7 Å². The Balaban J connectivity index is 1.77. The van der Waals surface area contributed by atoms with Crippen LogP contribution in [0.4, 0.5) is 4.79 Å². The molecule has 0 aromatic carbocycles. The van der Waals surface area contributed by atoms with Gasteiger partial charge in [-0.2, -0.15) is 0 Å². The molecule has 1 aliphatic rings. The van der Waals surface area contributed by atoms with Gasteiger partial charge in [0, 0.05) is 25.8 Å². The molecule has 1 aromatic rings. The van der Waals surface area contributed by atoms with Gasteiger partial charge < -0.3 is 15.3 Å². The first kappa shape index (κ1) is 14.8. The van der Waals surface area contributed by atoms with E-state index in [1.807, 2.05) is 0 Å². The summed E-state index contributed by atoms with van der Waals surface area (Å²) in [6, 6.07) is 3.43. The molecule has 0 unspecified atom stereocenters. The molecule has 0 radical (unpaired) electrons. The van der Waals surface area contributed by atoms with Crippen molar-refractivity contribution in [1.29, 1.82) is 0 Å². The van der Waals surface area contributed by atoms with E-state index in [0.29, 0.717) is 35.7 Å². The first-order chi connectivity index (χ1) is 9.56. The molecule has 108 valence electrons. The van der Waals surface area contributed by atoms with Crippen molar-refractivity contribution >= 4 is 27.9 Å². The smallest absolute Gasteiger partial charge is 0.407 e. The third-order valence-corrected chi connectivity index (χ3v) is 3.90. The number of hydrogen-bond donors (Lipinski definition) is 2. The van der Waals surface area contributed by atoms with Crippen LogP contribution < -0.4 is 5.32 Å². The van der Waals surface area contributed by atoms with Crippen molar-refractivity contribution in [3.8, 4) is 0 Å². The number of carbonyl (C=O) groups is 2. The van der Waals surface area contributed by atoms with E-state index in [1.54, 1.807) is 12.1 Å². The zero-order valence-electron chi connectivity index (χ0n) is 10.9. The van der Waals surface area contributed by atoms with Gasteiger partial charge in [-0.05, 0) is 46.8 Å². The summed E-state index contributed by atoms with van der Waals surface area (Å²) in [5.41, 5.74) is 0.524. The van der Waals surface area contributed by atoms with Gasteiger partial charge in [-0.3, -0.25) is 4.79 Å². The Kier molecular flexibility index (Phi) is 4.94. The monoisotopic (exact) mass is 341 g/mol. The molecule has 0 atom stereocenters. The molecule has 1 fully saturated rings. The fraction of sp³-hybridized carbons (Fsp3) is 0.462. The number of pyridine rings is 1. The van der Waals surface area contributed by atoms with E-state index in [9.17, 15) is 9.59 Å². The zero-order valence-corrected chi connectivity index (χ0v) is 12.5. The molecule has 1 saturated heterocycles. The minimum absolute atomic E-state index is 0.148. The second-order valence-electron chi connectivity index (χ2n) is 4.79. The predicted molar refractivity (Wildman–Crippen MR) is 76.6 cm³/mol. The van der Waals surface area contributed by atoms with E-state index in [-0.39, 0.29) is 5.91 Å². The Labute approximate surface area is 125 Å². The molecule has 20 heavy (non-hydrogen) atoms. The van der Waals surface area contributed by atoms with E-state index in [2.05, 4.69) is 26.2 Å². The Bertz CT molecular complexity index is 484. The van der Waals surface area contributed by atoms with Gasteiger partial charge in [-0.15, -0.1) is 0 Å². The highest BCUT2D eigenvalue weighted by molar-refractivity contribution is 9.10. The van der Waals surface area contributed by atoms with E-state index in [1.165, 1.54) is 11.1 Å². The van der Waals surface area contributed by atoms with E-state index < -0.39 is 6.09 Å². The van der Waals surface area contributed by atoms with Gasteiger partial charge >= 0.3 is 6.09 Å². The second-order valence-corrected chi connectivity index (χ2v) is 5.61. The molecule has 1 aromatic heterocycles. The fourth-order valence-electron chi connectivity index (χ4n) is 2.18. The zero-order chi connectivity index (χ0) is 14.5. The standard InChI is InChI=1S/C13H16BrN3O3/c14-11-2-1-10(8-15-11)12(18)16-7-9-3-5-17(6-4-9)13(19)20/h1-2,8-9H,3-7H2,(H,16,18)(H,19,20). The third kappa shape index (κ3) is 3.93. The van der Waals surface area contributed by atoms with Crippen molar-refractivity contribution in [3.63, 3.8) is 0 Å². The average molecular weight is 342 g/mol. The Morgan fingerprint density at radius 1 is 1.40 bits per heavy atom. The highest BCUT2D eigenvalue weighted by Gasteiger charge is 2.22. The quantitative estimate of drug-likeness (QED) is 0.823. The lowest BCUT2D eigenvalue weighted by Crippen LogP contribution is -2.40. The number of halogens is 1. The summed E-state index contributed by atoms with van der Waals surface area (Å²) in [5, 5.41) is 11.7. The molecule has 6 nitrogen and oxygen atoms in total. The molecule has 0 bridgehead atoms. The van der Waals surface area contributed by atoms with Crippen LogP contribution in [-0.2, 0) is 0 Å². The van der Waals surface area contributed by atoms with E-state index in [0.717, 1.165) is 12.8 Å². The summed E-state index contributed by atoms with van der Waals surface area (Å²) in [5.74, 6) is 0.184. The maximum Gasteiger partial charge on any atom is 0.407 e. The Morgan fingerprint density at radius 3 is 2.65 bits per heavy atom. The van der Waals surface area contributed by atoms with Crippen LogP contribution in [0.15, 0.2) is 22.9 Å². The summed E-state index contributed by atoms with van der Waals surface area (Å²) in [7, 11) is 0. The molecule has 2 amide bonds. The van der Waals surface area contributed by atoms with Crippen LogP contribution in [0.3, 0.4) is 0 Å². The molecule has 2 N–H and O–H groups in total. The molecule has 2 rings (SSSR count). The number of amides is 2. The summed E-state index contributed by atoms with van der Waals surface area (Å²) in [4.78, 5) is 28.1. The highest BCUT2D eigenvalue weighted by atomic mass is 79.9. The van der Waals surface area contributed by atoms with Crippen molar-refractivity contribution in [3.05, 3.63) is 28.5 Å². The van der Waals surface area contributed by atoms with Crippen LogP contribution in [-0.4, -0.2) is 46.6 Å². The van der Waals surface area contributed by atoms with Crippen LogP contribution in [0.5, 0.6) is 0 Å². The Hall–Kier alpha value is -1.63. The molecule has 1 aliphatic heterocycles. The first-order valence-corrected chi connectivity index (χ1v) is 7.23. The van der Waals surface area contributed by atoms with Crippen LogP contribution >= 0.6 is 15.9 Å². The van der Waals surface area contributed by atoms with Gasteiger partial charge in [0.2, 0.25) is 0 Å². The van der Waals surface area contributed by atoms with Crippen LogP contribution in [0.2, 0.25) is 0 Å². The lowest BCUT2D eigenvalue weighted by molar-refractivity contribution is 0.0928. The molecule has 7 heteroatoms. The Morgan fingerprint density at radius 2 is 2.10 bits per heavy atom. The molecule has 0 saturated carbocycles. The van der Waals surface area contributed by atoms with Crippen LogP contribution in [0, 0.1) is 5.92 Å². The number of piperidine rings is 1. The van der Waals surface area contributed by atoms with Crippen molar-refractivity contribution in [2.75, 3.05) is 19.6 Å². The predicted octanol–water partition coefficient (Wildman–Crippen LogP) is 1.96. The van der Waals surface area contributed by atoms with Gasteiger partial charge in [0.05, 0.1) is 5.56 Å². The molecule has 0 aliphatic carbocycles. The summed E-state index contributed by atoms with van der Waals surface area (Å²) < 4.78 is 0.690. The maximum absolute atomic E-state index is 11.9. The third-order valence-electron chi connectivity index (χ3n) is 3.43. The minimum atomic E-state index is -0.867. The lowest BCUT2D eigenvalue weighted by Gasteiger charge is -2.29. The van der Waals surface area contributed by atoms with Gasteiger partial charge in [0.1, 0.15) is 4.60 Å². The average Bonchev–Trinajstić information content (AvgIpc) is 2.46. The van der Waals surface area contributed by atoms with Crippen molar-refractivity contribution in [1.82, 2.24) is 15.2 Å². The number of aromatic nitrogens is 1. The maximum atomic E-state index is 11.9. The minimum Gasteiger partial charge on any atom is -0.465 e. The molecular formula is C13H16BrN3O3. The van der Waals surface area contributed by atoms with E-state index >= 15 is 0 Å². The highest BCUT2D eigenvalue weighted by Crippen LogP contribution is 2.16. The number of likely N-dealkylation sites (tertiary alicyclic amines) is 1. The normalized spacial score (nSPS) is 15.9. The van der Waals surface area contributed by atoms with Crippen LogP contribution in [0.25, 0.3) is 0 Å². The van der Waals surface area contributed by atoms with Crippen molar-refractivity contribution in [2.45, 2.75) is 12.8 Å². The van der Waals surface area contributed by atoms with Gasteiger partial charge in [-0.25, -0.2) is 9.78 Å². The second kappa shape index (κ2) is 6.69. The van der Waals surface area contributed by atoms with Gasteiger partial charge in [0.15, 0.2) is 0 Å². The summed E-state index contributed by atoms with van der Waals surface area (Å²) in [6.07, 6.45) is 2.22. The van der Waals surface area contributed by atoms with Gasteiger partial charge in [-0.1, -0.05) is 0 Å². The number of hydrogen-bond acceptors (Lipinski definition) is 3. The number of nitrogens with one attached hydrogen (secondary N) is 1. The number of nitrogens with zero attached hydrogens (tertiary/aromatic N) is 2. The van der Waals surface area contributed by atoms with Gasteiger partial charge in [0.25, 0.3) is 5.91 Å². The number of carboxylic acid groups (broad SMARTS) is 1. The van der Waals surface area contributed by atoms with Crippen molar-refractivity contribution in [2.24, 2.45) is 5.92 Å². The molecule has 0 spiro atoms. The van der Waals surface area contributed by atoms with E-state index in [4.69, 9.17) is 5.11 Å². The number of carbonyl (C=O) groups excluding carboxylic acids is 1. The molecule has 2 heterocycles. The summed E-state index contributed by atoms with van der Waals surface area (Å²) in [6.45, 7) is 1.65. The first-order valence-electron chi connectivity index (χ1n) is 6.44. The lowest BCUT2D eigenvalue weighted by atomic mass is 9.97. The largest absolute Gasteiger partial charge is 0.465 e. The fourth-order valence-corrected chi connectivity index (χ4v) is 2.41. The molecular weight excluding hydrogens is 326 g/mol. The SMILES string of the molecule is O=C(NCC1CCN(C(=O)O)CC1)c1ccc(Br)nc1. The van der Waals surface area contributed by atoms with Crippen LogP contribution in [0.1, 0.15) is 23.2 Å². The summed E-state index contributed by atoms with van der Waals surface area (Å²) >= 11 is 3.22. The number of rotatable bonds is 3.